The van der Waals surface area contributed by atoms with Crippen molar-refractivity contribution in [3.05, 3.63) is 87.9 Å². The van der Waals surface area contributed by atoms with Crippen molar-refractivity contribution in [1.82, 2.24) is 10.2 Å². The van der Waals surface area contributed by atoms with Crippen molar-refractivity contribution < 1.29 is 22.7 Å². The van der Waals surface area contributed by atoms with E-state index in [0.717, 1.165) is 16.3 Å². The number of nitrogens with zero attached hydrogens (tertiary/aromatic N) is 2. The number of rotatable bonds is 13. The van der Waals surface area contributed by atoms with E-state index in [9.17, 15) is 18.0 Å². The Morgan fingerprint density at radius 3 is 2.24 bits per heavy atom. The Hall–Kier alpha value is -3.27. The SMILES string of the molecule is CCCNC(=O)C(CC)N(Cc1ccccc1Cl)C(=O)CN(c1ccc(OC)c(Cl)c1)S(=O)(=O)c1ccc(C)cc1. The minimum atomic E-state index is -4.22. The first kappa shape index (κ1) is 32.2. The minimum absolute atomic E-state index is 0.00762. The highest BCUT2D eigenvalue weighted by molar-refractivity contribution is 7.92. The lowest BCUT2D eigenvalue weighted by atomic mass is 10.1. The largest absolute Gasteiger partial charge is 0.495 e. The fraction of sp³-hybridized carbons (Fsp3) is 0.333. The number of sulfonamides is 1. The molecule has 3 aromatic carbocycles. The van der Waals surface area contributed by atoms with Crippen LogP contribution < -0.4 is 14.4 Å². The molecule has 11 heteroatoms. The summed E-state index contributed by atoms with van der Waals surface area (Å²) in [5.41, 5.74) is 1.68. The Kier molecular flexibility index (Phi) is 11.5. The lowest BCUT2D eigenvalue weighted by Gasteiger charge is -2.33. The molecular weight excluding hydrogens is 585 g/mol. The zero-order valence-electron chi connectivity index (χ0n) is 23.6. The number of ether oxygens (including phenoxy) is 1. The van der Waals surface area contributed by atoms with Gasteiger partial charge in [0, 0.05) is 18.1 Å². The summed E-state index contributed by atoms with van der Waals surface area (Å²) in [5, 5.41) is 3.47. The molecule has 0 heterocycles. The predicted molar refractivity (Wildman–Crippen MR) is 163 cm³/mol. The summed E-state index contributed by atoms with van der Waals surface area (Å²) in [7, 11) is -2.77. The molecule has 2 amide bonds. The summed E-state index contributed by atoms with van der Waals surface area (Å²) in [6.07, 6.45) is 1.03. The summed E-state index contributed by atoms with van der Waals surface area (Å²) >= 11 is 12.8. The molecule has 1 unspecified atom stereocenters. The molecule has 0 aliphatic heterocycles. The normalized spacial score (nSPS) is 12.0. The van der Waals surface area contributed by atoms with E-state index in [-0.39, 0.29) is 28.1 Å². The van der Waals surface area contributed by atoms with Crippen molar-refractivity contribution in [2.24, 2.45) is 0 Å². The number of methoxy groups -OCH3 is 1. The van der Waals surface area contributed by atoms with Gasteiger partial charge in [-0.1, -0.05) is 72.9 Å². The molecule has 0 aliphatic rings. The topological polar surface area (TPSA) is 96.0 Å². The van der Waals surface area contributed by atoms with Crippen molar-refractivity contribution in [2.45, 2.75) is 51.1 Å². The van der Waals surface area contributed by atoms with Crippen molar-refractivity contribution in [1.29, 1.82) is 0 Å². The van der Waals surface area contributed by atoms with Crippen LogP contribution in [0.1, 0.15) is 37.8 Å². The maximum Gasteiger partial charge on any atom is 0.264 e. The highest BCUT2D eigenvalue weighted by Crippen LogP contribution is 2.32. The van der Waals surface area contributed by atoms with E-state index >= 15 is 0 Å². The Bertz CT molecular complexity index is 1470. The number of hydrogen-bond donors (Lipinski definition) is 1. The Morgan fingerprint density at radius 2 is 1.66 bits per heavy atom. The summed E-state index contributed by atoms with van der Waals surface area (Å²) < 4.78 is 34.2. The minimum Gasteiger partial charge on any atom is -0.495 e. The Morgan fingerprint density at radius 1 is 0.976 bits per heavy atom. The first-order chi connectivity index (χ1) is 19.5. The van der Waals surface area contributed by atoms with Crippen LogP contribution in [-0.2, 0) is 26.2 Å². The summed E-state index contributed by atoms with van der Waals surface area (Å²) in [5.74, 6) is -0.547. The van der Waals surface area contributed by atoms with Gasteiger partial charge in [0.05, 0.1) is 22.7 Å². The maximum atomic E-state index is 14.1. The van der Waals surface area contributed by atoms with Gasteiger partial charge in [0.1, 0.15) is 18.3 Å². The standard InChI is InChI=1S/C30H35Cl2N3O5S/c1-5-17-33-30(37)27(6-2)34(19-22-9-7-8-10-25(22)31)29(36)20-35(23-13-16-28(40-4)26(32)18-23)41(38,39)24-14-11-21(3)12-15-24/h7-16,18,27H,5-6,17,19-20H2,1-4H3,(H,33,37). The molecule has 0 aliphatic carbocycles. The van der Waals surface area contributed by atoms with Gasteiger partial charge in [-0.2, -0.15) is 0 Å². The first-order valence-electron chi connectivity index (χ1n) is 13.3. The van der Waals surface area contributed by atoms with E-state index < -0.39 is 28.5 Å². The zero-order chi connectivity index (χ0) is 30.2. The predicted octanol–water partition coefficient (Wildman–Crippen LogP) is 5.84. The Balaban J connectivity index is 2.10. The van der Waals surface area contributed by atoms with Crippen LogP contribution in [0, 0.1) is 6.92 Å². The molecule has 1 N–H and O–H groups in total. The number of carbonyl (C=O) groups is 2. The molecule has 41 heavy (non-hydrogen) atoms. The van der Waals surface area contributed by atoms with E-state index in [2.05, 4.69) is 5.32 Å². The number of aryl methyl sites for hydroxylation is 1. The highest BCUT2D eigenvalue weighted by atomic mass is 35.5. The number of halogens is 2. The third-order valence-corrected chi connectivity index (χ3v) is 9.00. The van der Waals surface area contributed by atoms with Crippen LogP contribution in [0.4, 0.5) is 5.69 Å². The molecule has 0 aromatic heterocycles. The first-order valence-corrected chi connectivity index (χ1v) is 15.5. The van der Waals surface area contributed by atoms with Crippen molar-refractivity contribution in [2.75, 3.05) is 24.5 Å². The molecule has 3 aromatic rings. The lowest BCUT2D eigenvalue weighted by molar-refractivity contribution is -0.140. The van der Waals surface area contributed by atoms with Crippen LogP contribution in [0.5, 0.6) is 5.75 Å². The highest BCUT2D eigenvalue weighted by Gasteiger charge is 2.34. The van der Waals surface area contributed by atoms with E-state index in [1.807, 2.05) is 13.8 Å². The molecule has 1 atom stereocenters. The number of carbonyl (C=O) groups excluding carboxylic acids is 2. The van der Waals surface area contributed by atoms with Crippen LogP contribution in [-0.4, -0.2) is 51.4 Å². The molecule has 0 fully saturated rings. The third-order valence-electron chi connectivity index (χ3n) is 6.54. The monoisotopic (exact) mass is 619 g/mol. The summed E-state index contributed by atoms with van der Waals surface area (Å²) in [6, 6.07) is 17.0. The van der Waals surface area contributed by atoms with Gasteiger partial charge in [0.2, 0.25) is 11.8 Å². The summed E-state index contributed by atoms with van der Waals surface area (Å²) in [6.45, 7) is 5.46. The molecule has 0 radical (unpaired) electrons. The molecule has 0 saturated heterocycles. The van der Waals surface area contributed by atoms with Crippen LogP contribution in [0.2, 0.25) is 10.0 Å². The number of nitrogens with one attached hydrogen (secondary N) is 1. The molecule has 0 saturated carbocycles. The Labute approximate surface area is 252 Å². The van der Waals surface area contributed by atoms with Crippen molar-refractivity contribution >= 4 is 50.7 Å². The van der Waals surface area contributed by atoms with E-state index in [1.54, 1.807) is 43.3 Å². The number of hydrogen-bond acceptors (Lipinski definition) is 5. The maximum absolute atomic E-state index is 14.1. The van der Waals surface area contributed by atoms with Gasteiger partial charge in [-0.25, -0.2) is 8.42 Å². The summed E-state index contributed by atoms with van der Waals surface area (Å²) in [4.78, 5) is 28.7. The van der Waals surface area contributed by atoms with E-state index in [4.69, 9.17) is 27.9 Å². The van der Waals surface area contributed by atoms with Crippen LogP contribution in [0.3, 0.4) is 0 Å². The van der Waals surface area contributed by atoms with Crippen molar-refractivity contribution in [3.63, 3.8) is 0 Å². The van der Waals surface area contributed by atoms with Gasteiger partial charge >= 0.3 is 0 Å². The van der Waals surface area contributed by atoms with Gasteiger partial charge in [-0.15, -0.1) is 0 Å². The van der Waals surface area contributed by atoms with Gasteiger partial charge in [0.15, 0.2) is 0 Å². The van der Waals surface area contributed by atoms with Gasteiger partial charge < -0.3 is 15.0 Å². The van der Waals surface area contributed by atoms with E-state index in [0.29, 0.717) is 29.3 Å². The second-order valence-electron chi connectivity index (χ2n) is 9.47. The molecule has 0 bridgehead atoms. The molecule has 0 spiro atoms. The molecule has 220 valence electrons. The fourth-order valence-electron chi connectivity index (χ4n) is 4.27. The van der Waals surface area contributed by atoms with Crippen LogP contribution in [0.25, 0.3) is 0 Å². The van der Waals surface area contributed by atoms with Crippen molar-refractivity contribution in [3.8, 4) is 5.75 Å². The third kappa shape index (κ3) is 7.93. The van der Waals surface area contributed by atoms with E-state index in [1.165, 1.54) is 42.3 Å². The molecular formula is C30H35Cl2N3O5S. The lowest BCUT2D eigenvalue weighted by Crippen LogP contribution is -2.52. The number of amides is 2. The fourth-order valence-corrected chi connectivity index (χ4v) is 6.13. The second-order valence-corrected chi connectivity index (χ2v) is 12.1. The quantitative estimate of drug-likeness (QED) is 0.259. The number of benzene rings is 3. The van der Waals surface area contributed by atoms with Gasteiger partial charge in [-0.3, -0.25) is 13.9 Å². The smallest absolute Gasteiger partial charge is 0.264 e. The zero-order valence-corrected chi connectivity index (χ0v) is 25.9. The average molecular weight is 621 g/mol. The van der Waals surface area contributed by atoms with Crippen LogP contribution >= 0.6 is 23.2 Å². The number of anilines is 1. The van der Waals surface area contributed by atoms with Crippen LogP contribution in [0.15, 0.2) is 71.6 Å². The molecule has 8 nitrogen and oxygen atoms in total. The molecule has 3 rings (SSSR count). The second kappa shape index (κ2) is 14.6. The van der Waals surface area contributed by atoms with Gasteiger partial charge in [-0.05, 0) is 61.7 Å². The average Bonchev–Trinajstić information content (AvgIpc) is 2.95. The van der Waals surface area contributed by atoms with Gasteiger partial charge in [0.25, 0.3) is 10.0 Å².